The van der Waals surface area contributed by atoms with Crippen molar-refractivity contribution in [2.45, 2.75) is 63.0 Å². The standard InChI is InChI=1S/C10H22BrSi2/c1-3-5-7-13(8-6-4-2)9-12(11)10-13/h3-10H2,1-2H3. The van der Waals surface area contributed by atoms with Gasteiger partial charge in [0.1, 0.15) is 7.42 Å². The SMILES string of the molecule is CCCC[Si]1(CCCC)C[Si](Br)C1. The molecule has 77 valence electrons. The Labute approximate surface area is 93.7 Å². The lowest BCUT2D eigenvalue weighted by atomic mass is 10.4. The van der Waals surface area contributed by atoms with Gasteiger partial charge >= 0.3 is 0 Å². The van der Waals surface area contributed by atoms with Gasteiger partial charge in [-0.1, -0.05) is 63.0 Å². The molecule has 1 fully saturated rings. The van der Waals surface area contributed by atoms with Crippen molar-refractivity contribution in [3.05, 3.63) is 0 Å². The molecule has 0 bridgehead atoms. The maximum Gasteiger partial charge on any atom is 0.129 e. The van der Waals surface area contributed by atoms with Crippen LogP contribution in [0.4, 0.5) is 0 Å². The highest BCUT2D eigenvalue weighted by molar-refractivity contribution is 9.24. The molecular formula is C10H22BrSi2. The molecule has 0 aromatic rings. The molecule has 0 aliphatic carbocycles. The first-order valence-electron chi connectivity index (χ1n) is 5.72. The summed E-state index contributed by atoms with van der Waals surface area (Å²) in [4.78, 5) is 0. The second-order valence-electron chi connectivity index (χ2n) is 4.58. The van der Waals surface area contributed by atoms with Crippen LogP contribution >= 0.6 is 15.3 Å². The fourth-order valence-corrected chi connectivity index (χ4v) is 24.4. The molecule has 3 heteroatoms. The van der Waals surface area contributed by atoms with Gasteiger partial charge in [0.15, 0.2) is 0 Å². The van der Waals surface area contributed by atoms with E-state index in [1.807, 2.05) is 0 Å². The lowest BCUT2D eigenvalue weighted by Crippen LogP contribution is -2.50. The molecule has 1 saturated heterocycles. The Morgan fingerprint density at radius 1 is 1.08 bits per heavy atom. The van der Waals surface area contributed by atoms with Crippen LogP contribution in [0, 0.1) is 0 Å². The monoisotopic (exact) mass is 277 g/mol. The zero-order chi connectivity index (χ0) is 9.73. The van der Waals surface area contributed by atoms with E-state index >= 15 is 0 Å². The third-order valence-corrected chi connectivity index (χ3v) is 20.2. The minimum atomic E-state index is -0.649. The van der Waals surface area contributed by atoms with Crippen LogP contribution in [0.3, 0.4) is 0 Å². The topological polar surface area (TPSA) is 0 Å². The van der Waals surface area contributed by atoms with Crippen LogP contribution in [-0.2, 0) is 0 Å². The van der Waals surface area contributed by atoms with Crippen molar-refractivity contribution in [1.29, 1.82) is 0 Å². The molecule has 1 aliphatic heterocycles. The van der Waals surface area contributed by atoms with Gasteiger partial charge in [-0.25, -0.2) is 0 Å². The summed E-state index contributed by atoms with van der Waals surface area (Å²) in [6.07, 6.45) is 5.84. The van der Waals surface area contributed by atoms with Gasteiger partial charge in [0.25, 0.3) is 0 Å². The summed E-state index contributed by atoms with van der Waals surface area (Å²) in [5.41, 5.74) is 3.36. The van der Waals surface area contributed by atoms with Crippen LogP contribution in [0.1, 0.15) is 39.5 Å². The summed E-state index contributed by atoms with van der Waals surface area (Å²) in [6, 6.07) is 3.28. The Hall–Kier alpha value is 0.914. The molecule has 0 aromatic heterocycles. The van der Waals surface area contributed by atoms with E-state index in [-0.39, 0.29) is 7.42 Å². The Kier molecular flexibility index (Phi) is 5.27. The second kappa shape index (κ2) is 5.71. The number of hydrogen-bond donors (Lipinski definition) is 0. The van der Waals surface area contributed by atoms with Crippen LogP contribution in [-0.4, -0.2) is 15.5 Å². The molecule has 0 unspecified atom stereocenters. The molecule has 0 atom stereocenters. The van der Waals surface area contributed by atoms with E-state index in [1.165, 1.54) is 25.7 Å². The van der Waals surface area contributed by atoms with Crippen molar-refractivity contribution in [1.82, 2.24) is 0 Å². The largest absolute Gasteiger partial charge is 0.129 e. The summed E-state index contributed by atoms with van der Waals surface area (Å²) in [5.74, 6) is 0. The third-order valence-electron chi connectivity index (χ3n) is 3.25. The first-order chi connectivity index (χ1) is 6.22. The van der Waals surface area contributed by atoms with Crippen molar-refractivity contribution < 1.29 is 0 Å². The van der Waals surface area contributed by atoms with Crippen LogP contribution in [0.2, 0.25) is 23.4 Å². The van der Waals surface area contributed by atoms with Gasteiger partial charge < -0.3 is 0 Å². The highest BCUT2D eigenvalue weighted by Gasteiger charge is 2.44. The van der Waals surface area contributed by atoms with Gasteiger partial charge in [0, 0.05) is 8.07 Å². The summed E-state index contributed by atoms with van der Waals surface area (Å²) >= 11 is 3.86. The second-order valence-corrected chi connectivity index (χ2v) is 15.8. The van der Waals surface area contributed by atoms with E-state index in [2.05, 4.69) is 29.1 Å². The lowest BCUT2D eigenvalue weighted by molar-refractivity contribution is 0.822. The van der Waals surface area contributed by atoms with Gasteiger partial charge in [-0.15, -0.1) is 15.3 Å². The zero-order valence-electron chi connectivity index (χ0n) is 9.03. The molecule has 0 nitrogen and oxygen atoms in total. The molecule has 0 saturated carbocycles. The Morgan fingerprint density at radius 3 is 1.85 bits per heavy atom. The first kappa shape index (κ1) is 12.0. The fraction of sp³-hybridized carbons (Fsp3) is 1.00. The zero-order valence-corrected chi connectivity index (χ0v) is 12.6. The Balaban J connectivity index is 2.27. The number of rotatable bonds is 6. The Bertz CT molecular complexity index is 134. The molecule has 0 spiro atoms. The van der Waals surface area contributed by atoms with Crippen LogP contribution < -0.4 is 0 Å². The molecule has 13 heavy (non-hydrogen) atoms. The van der Waals surface area contributed by atoms with Gasteiger partial charge in [-0.2, -0.15) is 0 Å². The van der Waals surface area contributed by atoms with Crippen molar-refractivity contribution >= 4 is 30.8 Å². The average molecular weight is 278 g/mol. The van der Waals surface area contributed by atoms with Gasteiger partial charge in [-0.05, 0) is 0 Å². The van der Waals surface area contributed by atoms with Gasteiger partial charge in [0.05, 0.1) is 0 Å². The number of hydrogen-bond acceptors (Lipinski definition) is 0. The van der Waals surface area contributed by atoms with Crippen LogP contribution in [0.5, 0.6) is 0 Å². The van der Waals surface area contributed by atoms with E-state index in [4.69, 9.17) is 0 Å². The average Bonchev–Trinajstić information content (AvgIpc) is 2.08. The molecule has 0 amide bonds. The fourth-order valence-electron chi connectivity index (χ4n) is 2.34. The predicted molar refractivity (Wildman–Crippen MR) is 69.5 cm³/mol. The quantitative estimate of drug-likeness (QED) is 0.495. The normalized spacial score (nSPS) is 21.5. The molecule has 1 radical (unpaired) electrons. The van der Waals surface area contributed by atoms with E-state index in [9.17, 15) is 0 Å². The third kappa shape index (κ3) is 3.52. The summed E-state index contributed by atoms with van der Waals surface area (Å²) < 4.78 is 0. The number of unbranched alkanes of at least 4 members (excludes halogenated alkanes) is 2. The van der Waals surface area contributed by atoms with E-state index < -0.39 is 8.07 Å². The first-order valence-corrected chi connectivity index (χ1v) is 12.7. The summed E-state index contributed by atoms with van der Waals surface area (Å²) in [7, 11) is -0.634. The smallest absolute Gasteiger partial charge is 0.129 e. The minimum Gasteiger partial charge on any atom is -0.129 e. The lowest BCUT2D eigenvalue weighted by Gasteiger charge is -2.43. The molecular weight excluding hydrogens is 256 g/mol. The molecule has 1 aliphatic rings. The summed E-state index contributed by atoms with van der Waals surface area (Å²) in [5, 5.41) is 0. The Morgan fingerprint density at radius 2 is 1.54 bits per heavy atom. The molecule has 0 aromatic carbocycles. The minimum absolute atomic E-state index is 0.0152. The number of halogens is 1. The predicted octanol–water partition coefficient (Wildman–Crippen LogP) is 4.51. The van der Waals surface area contributed by atoms with E-state index in [1.54, 1.807) is 23.4 Å². The van der Waals surface area contributed by atoms with Crippen molar-refractivity contribution in [2.24, 2.45) is 0 Å². The highest BCUT2D eigenvalue weighted by atomic mass is 79.9. The highest BCUT2D eigenvalue weighted by Crippen LogP contribution is 2.42. The van der Waals surface area contributed by atoms with Crippen molar-refractivity contribution in [3.8, 4) is 0 Å². The van der Waals surface area contributed by atoms with E-state index in [0.717, 1.165) is 0 Å². The maximum atomic E-state index is 3.86. The van der Waals surface area contributed by atoms with E-state index in [0.29, 0.717) is 0 Å². The van der Waals surface area contributed by atoms with Crippen molar-refractivity contribution in [3.63, 3.8) is 0 Å². The van der Waals surface area contributed by atoms with Crippen LogP contribution in [0.25, 0.3) is 0 Å². The molecule has 1 rings (SSSR count). The maximum absolute atomic E-state index is 3.86. The molecule has 1 heterocycles. The van der Waals surface area contributed by atoms with Crippen LogP contribution in [0.15, 0.2) is 0 Å². The van der Waals surface area contributed by atoms with Crippen molar-refractivity contribution in [2.75, 3.05) is 0 Å². The van der Waals surface area contributed by atoms with Gasteiger partial charge in [0.2, 0.25) is 0 Å². The summed E-state index contributed by atoms with van der Waals surface area (Å²) in [6.45, 7) is 4.67. The van der Waals surface area contributed by atoms with Gasteiger partial charge in [-0.3, -0.25) is 0 Å². The molecule has 0 N–H and O–H groups in total.